The molecule has 0 saturated carbocycles. The van der Waals surface area contributed by atoms with Crippen molar-refractivity contribution in [2.45, 2.75) is 38.8 Å². The summed E-state index contributed by atoms with van der Waals surface area (Å²) < 4.78 is 9.80. The molecule has 21 heavy (non-hydrogen) atoms. The zero-order chi connectivity index (χ0) is 15.5. The number of carbonyl (C=O) groups excluding carboxylic acids is 2. The molecule has 1 N–H and O–H groups in total. The highest BCUT2D eigenvalue weighted by Crippen LogP contribution is 2.05. The third-order valence-corrected chi connectivity index (χ3v) is 2.94. The fourth-order valence-electron chi connectivity index (χ4n) is 1.72. The molecule has 0 aliphatic heterocycles. The van der Waals surface area contributed by atoms with Gasteiger partial charge < -0.3 is 14.8 Å². The van der Waals surface area contributed by atoms with Gasteiger partial charge in [-0.25, -0.2) is 9.59 Å². The van der Waals surface area contributed by atoms with E-state index in [1.54, 1.807) is 0 Å². The molecule has 1 amide bonds. The van der Waals surface area contributed by atoms with Gasteiger partial charge in [-0.1, -0.05) is 61.7 Å². The molecule has 1 atom stereocenters. The fraction of sp³-hybridized carbons (Fsp3) is 0.467. The van der Waals surface area contributed by atoms with Crippen molar-refractivity contribution >= 4 is 23.7 Å². The van der Waals surface area contributed by atoms with Crippen molar-refractivity contribution in [1.29, 1.82) is 0 Å². The number of nitrogens with one attached hydrogen (secondary N) is 1. The summed E-state index contributed by atoms with van der Waals surface area (Å²) in [4.78, 5) is 23.4. The van der Waals surface area contributed by atoms with Crippen molar-refractivity contribution in [3.63, 3.8) is 0 Å². The Balaban J connectivity index is 2.45. The maximum absolute atomic E-state index is 11.7. The molecular weight excluding hydrogens is 294 g/mol. The van der Waals surface area contributed by atoms with Crippen molar-refractivity contribution in [2.75, 3.05) is 6.07 Å². The molecule has 116 valence electrons. The van der Waals surface area contributed by atoms with Crippen molar-refractivity contribution in [3.05, 3.63) is 35.9 Å². The lowest BCUT2D eigenvalue weighted by Crippen LogP contribution is -2.42. The van der Waals surface area contributed by atoms with Gasteiger partial charge in [0.25, 0.3) is 0 Å². The minimum atomic E-state index is -0.730. The van der Waals surface area contributed by atoms with Crippen LogP contribution in [0.5, 0.6) is 0 Å². The lowest BCUT2D eigenvalue weighted by molar-refractivity contribution is -0.144. The highest BCUT2D eigenvalue weighted by Gasteiger charge is 2.22. The molecule has 1 aromatic rings. The van der Waals surface area contributed by atoms with E-state index in [0.29, 0.717) is 6.42 Å². The number of amides is 1. The second-order valence-electron chi connectivity index (χ2n) is 4.47. The maximum atomic E-state index is 11.7. The molecule has 6 heteroatoms. The second kappa shape index (κ2) is 10.0. The summed E-state index contributed by atoms with van der Waals surface area (Å²) >= 11 is 5.37. The molecule has 0 spiro atoms. The van der Waals surface area contributed by atoms with Gasteiger partial charge in [0.1, 0.15) is 12.6 Å². The number of alkyl halides is 1. The van der Waals surface area contributed by atoms with Gasteiger partial charge in [0.05, 0.1) is 0 Å². The third kappa shape index (κ3) is 6.99. The Morgan fingerprint density at radius 3 is 2.57 bits per heavy atom. The maximum Gasteiger partial charge on any atom is 0.408 e. The summed E-state index contributed by atoms with van der Waals surface area (Å²) in [7, 11) is 0. The molecule has 0 unspecified atom stereocenters. The number of ether oxygens (including phenoxy) is 2. The molecule has 0 aliphatic rings. The minimum absolute atomic E-state index is 0.151. The average Bonchev–Trinajstić information content (AvgIpc) is 2.50. The van der Waals surface area contributed by atoms with Gasteiger partial charge in [-0.05, 0) is 12.0 Å². The smallest absolute Gasteiger partial charge is 0.408 e. The van der Waals surface area contributed by atoms with Gasteiger partial charge in [0.15, 0.2) is 6.07 Å². The van der Waals surface area contributed by atoms with Crippen LogP contribution in [0.4, 0.5) is 4.79 Å². The number of benzene rings is 1. The Hall–Kier alpha value is -1.75. The van der Waals surface area contributed by atoms with E-state index >= 15 is 0 Å². The Labute approximate surface area is 129 Å². The number of carbonyl (C=O) groups is 2. The van der Waals surface area contributed by atoms with Crippen LogP contribution in [0.1, 0.15) is 31.7 Å². The van der Waals surface area contributed by atoms with E-state index in [2.05, 4.69) is 5.32 Å². The van der Waals surface area contributed by atoms with Crippen molar-refractivity contribution in [2.24, 2.45) is 0 Å². The van der Waals surface area contributed by atoms with Crippen LogP contribution in [0.15, 0.2) is 30.3 Å². The molecule has 0 fully saturated rings. The first-order valence-electron chi connectivity index (χ1n) is 6.87. The number of alkyl carbamates (subject to hydrolysis) is 1. The van der Waals surface area contributed by atoms with Gasteiger partial charge in [0, 0.05) is 0 Å². The highest BCUT2D eigenvalue weighted by molar-refractivity contribution is 6.17. The molecule has 0 aliphatic carbocycles. The van der Waals surface area contributed by atoms with E-state index in [-0.39, 0.29) is 12.7 Å². The first-order chi connectivity index (χ1) is 10.2. The molecule has 0 aromatic heterocycles. The molecule has 1 rings (SSSR count). The summed E-state index contributed by atoms with van der Waals surface area (Å²) in [5.74, 6) is -0.546. The van der Waals surface area contributed by atoms with E-state index in [9.17, 15) is 9.59 Å². The average molecular weight is 314 g/mol. The van der Waals surface area contributed by atoms with Crippen LogP contribution in [0, 0.1) is 0 Å². The molecule has 0 saturated heterocycles. The summed E-state index contributed by atoms with van der Waals surface area (Å²) in [6.07, 6.45) is 1.55. The van der Waals surface area contributed by atoms with Crippen LogP contribution in [0.25, 0.3) is 0 Å². The number of halogens is 1. The van der Waals surface area contributed by atoms with Crippen molar-refractivity contribution in [3.8, 4) is 0 Å². The van der Waals surface area contributed by atoms with Gasteiger partial charge in [-0.3, -0.25) is 0 Å². The number of rotatable bonds is 8. The van der Waals surface area contributed by atoms with Gasteiger partial charge in [-0.2, -0.15) is 0 Å². The second-order valence-corrected chi connectivity index (χ2v) is 4.69. The van der Waals surface area contributed by atoms with Crippen molar-refractivity contribution < 1.29 is 19.1 Å². The third-order valence-electron chi connectivity index (χ3n) is 2.83. The predicted molar refractivity (Wildman–Crippen MR) is 79.9 cm³/mol. The van der Waals surface area contributed by atoms with E-state index in [4.69, 9.17) is 21.1 Å². The molecule has 0 bridgehead atoms. The Kier molecular flexibility index (Phi) is 8.28. The summed E-state index contributed by atoms with van der Waals surface area (Å²) in [5.41, 5.74) is 0.876. The normalized spacial score (nSPS) is 11.5. The Bertz CT molecular complexity index is 439. The van der Waals surface area contributed by atoms with Crippen LogP contribution in [-0.2, 0) is 20.9 Å². The predicted octanol–water partition coefficient (Wildman–Crippen LogP) is 3.21. The van der Waals surface area contributed by atoms with Gasteiger partial charge in [-0.15, -0.1) is 0 Å². The molecule has 0 heterocycles. The van der Waals surface area contributed by atoms with Crippen LogP contribution >= 0.6 is 11.6 Å². The molecule has 5 nitrogen and oxygen atoms in total. The van der Waals surface area contributed by atoms with Crippen molar-refractivity contribution in [1.82, 2.24) is 5.32 Å². The number of unbranched alkanes of at least 4 members (excludes halogenated alkanes) is 1. The zero-order valence-corrected chi connectivity index (χ0v) is 12.8. The quantitative estimate of drug-likeness (QED) is 0.591. The zero-order valence-electron chi connectivity index (χ0n) is 12.0. The van der Waals surface area contributed by atoms with Crippen LogP contribution in [-0.4, -0.2) is 24.2 Å². The molecule has 1 aromatic carbocycles. The Morgan fingerprint density at radius 1 is 1.24 bits per heavy atom. The number of hydrogen-bond acceptors (Lipinski definition) is 4. The van der Waals surface area contributed by atoms with E-state index < -0.39 is 18.1 Å². The fourth-order valence-corrected chi connectivity index (χ4v) is 1.83. The van der Waals surface area contributed by atoms with Gasteiger partial charge in [0.2, 0.25) is 0 Å². The summed E-state index contributed by atoms with van der Waals surface area (Å²) in [5, 5.41) is 2.51. The van der Waals surface area contributed by atoms with Crippen LogP contribution in [0.2, 0.25) is 0 Å². The highest BCUT2D eigenvalue weighted by atomic mass is 35.5. The lowest BCUT2D eigenvalue weighted by Gasteiger charge is -2.16. The van der Waals surface area contributed by atoms with Crippen LogP contribution < -0.4 is 5.32 Å². The van der Waals surface area contributed by atoms with Gasteiger partial charge >= 0.3 is 12.1 Å². The number of hydrogen-bond donors (Lipinski definition) is 1. The Morgan fingerprint density at radius 2 is 1.95 bits per heavy atom. The molecular formula is C15H20ClNO4. The largest absolute Gasteiger partial charge is 0.448 e. The lowest BCUT2D eigenvalue weighted by atomic mass is 10.1. The van der Waals surface area contributed by atoms with E-state index in [1.165, 1.54) is 0 Å². The summed E-state index contributed by atoms with van der Waals surface area (Å²) in [6.45, 7) is 2.15. The van der Waals surface area contributed by atoms with E-state index in [1.807, 2.05) is 37.3 Å². The first kappa shape index (κ1) is 17.3. The number of esters is 1. The monoisotopic (exact) mass is 313 g/mol. The summed E-state index contributed by atoms with van der Waals surface area (Å²) in [6, 6.07) is 8.34. The van der Waals surface area contributed by atoms with Crippen LogP contribution in [0.3, 0.4) is 0 Å². The topological polar surface area (TPSA) is 64.6 Å². The molecule has 0 radical (unpaired) electrons. The first-order valence-corrected chi connectivity index (χ1v) is 7.40. The minimum Gasteiger partial charge on any atom is -0.448 e. The van der Waals surface area contributed by atoms with E-state index in [0.717, 1.165) is 18.4 Å². The SMILES string of the molecule is CCCC[C@@H](NC(=O)OCc1ccccc1)C(=O)OCCl. The standard InChI is InChI=1S/C15H20ClNO4/c1-2-3-9-13(14(18)21-11-16)17-15(19)20-10-12-7-5-4-6-8-12/h4-8,13H,2-3,9-11H2,1H3,(H,17,19)/t13-/m1/s1.